The topological polar surface area (TPSA) is 0 Å². The molecular formula is C6H6F6. The van der Waals surface area contributed by atoms with E-state index in [9.17, 15) is 26.3 Å². The fraction of sp³-hybridized carbons (Fsp3) is 0.667. The van der Waals surface area contributed by atoms with E-state index in [1.165, 1.54) is 0 Å². The van der Waals surface area contributed by atoms with Crippen molar-refractivity contribution in [3.63, 3.8) is 0 Å². The van der Waals surface area contributed by atoms with Gasteiger partial charge in [0.05, 0.1) is 5.57 Å². The average Bonchev–Trinajstić information content (AvgIpc) is 1.80. The van der Waals surface area contributed by atoms with E-state index in [4.69, 9.17) is 0 Å². The second-order valence-corrected chi connectivity index (χ2v) is 2.33. The zero-order valence-electron chi connectivity index (χ0n) is 6.27. The van der Waals surface area contributed by atoms with Crippen LogP contribution in [0, 0.1) is 0 Å². The summed E-state index contributed by atoms with van der Waals surface area (Å²) >= 11 is 0. The summed E-state index contributed by atoms with van der Waals surface area (Å²) in [6.45, 7) is 0.338. The van der Waals surface area contributed by atoms with Gasteiger partial charge in [0.1, 0.15) is 0 Å². The smallest absolute Gasteiger partial charge is 0.205 e. The molecule has 0 aliphatic heterocycles. The Labute approximate surface area is 64.9 Å². The van der Waals surface area contributed by atoms with Crippen molar-refractivity contribution in [1.29, 1.82) is 0 Å². The molecule has 0 unspecified atom stereocenters. The summed E-state index contributed by atoms with van der Waals surface area (Å²) in [5.74, 6) is -6.51. The summed E-state index contributed by atoms with van der Waals surface area (Å²) in [6.07, 6.45) is -5.04. The van der Waals surface area contributed by atoms with Gasteiger partial charge in [-0.2, -0.15) is 22.0 Å². The van der Waals surface area contributed by atoms with Crippen LogP contribution < -0.4 is 0 Å². The number of halogens is 6. The largest absolute Gasteiger partial charge is 0.415 e. The molecule has 0 aromatic rings. The van der Waals surface area contributed by atoms with Gasteiger partial charge in [-0.25, -0.2) is 4.39 Å². The van der Waals surface area contributed by atoms with E-state index < -0.39 is 23.5 Å². The van der Waals surface area contributed by atoms with Gasteiger partial charge >= 0.3 is 6.18 Å². The number of alkyl halides is 5. The van der Waals surface area contributed by atoms with Crippen LogP contribution >= 0.6 is 0 Å². The second-order valence-electron chi connectivity index (χ2n) is 2.33. The minimum absolute atomic E-state index is 0.0670. The summed E-state index contributed by atoms with van der Waals surface area (Å²) in [6, 6.07) is 0. The third-order valence-corrected chi connectivity index (χ3v) is 1.14. The van der Waals surface area contributed by atoms with Gasteiger partial charge in [0.2, 0.25) is 0 Å². The molecule has 0 amide bonds. The first-order chi connectivity index (χ1) is 5.07. The van der Waals surface area contributed by atoms with E-state index in [1.54, 1.807) is 0 Å². The highest BCUT2D eigenvalue weighted by molar-refractivity contribution is 5.16. The maximum atomic E-state index is 12.2. The molecule has 0 spiro atoms. The van der Waals surface area contributed by atoms with E-state index in [2.05, 4.69) is 0 Å². The molecule has 0 N–H and O–H groups in total. The average molecular weight is 192 g/mol. The van der Waals surface area contributed by atoms with Crippen LogP contribution in [-0.4, -0.2) is 12.1 Å². The van der Waals surface area contributed by atoms with Crippen LogP contribution in [0.1, 0.15) is 13.8 Å². The highest BCUT2D eigenvalue weighted by atomic mass is 19.4. The van der Waals surface area contributed by atoms with Crippen molar-refractivity contribution >= 4 is 0 Å². The van der Waals surface area contributed by atoms with E-state index in [0.717, 1.165) is 0 Å². The molecule has 6 heteroatoms. The predicted octanol–water partition coefficient (Wildman–Crippen LogP) is 3.45. The van der Waals surface area contributed by atoms with Gasteiger partial charge in [-0.1, -0.05) is 0 Å². The SMILES string of the molecule is C/C(=C(/F)C(C)(F)F)C(F)(F)F. The fourth-order valence-electron chi connectivity index (χ4n) is 0.454. The van der Waals surface area contributed by atoms with E-state index in [0.29, 0.717) is 0 Å². The lowest BCUT2D eigenvalue weighted by molar-refractivity contribution is -0.0977. The first-order valence-corrected chi connectivity index (χ1v) is 2.88. The maximum Gasteiger partial charge on any atom is 0.415 e. The quantitative estimate of drug-likeness (QED) is 0.558. The van der Waals surface area contributed by atoms with Crippen molar-refractivity contribution in [2.45, 2.75) is 25.9 Å². The molecule has 0 aliphatic carbocycles. The molecule has 0 rings (SSSR count). The molecular weight excluding hydrogens is 186 g/mol. The number of allylic oxidation sites excluding steroid dienone is 2. The molecule has 0 aromatic heterocycles. The van der Waals surface area contributed by atoms with Gasteiger partial charge in [0.25, 0.3) is 5.92 Å². The van der Waals surface area contributed by atoms with E-state index >= 15 is 0 Å². The summed E-state index contributed by atoms with van der Waals surface area (Å²) in [4.78, 5) is 0. The molecule has 72 valence electrons. The number of hydrogen-bond acceptors (Lipinski definition) is 0. The molecule has 0 radical (unpaired) electrons. The second kappa shape index (κ2) is 2.99. The lowest BCUT2D eigenvalue weighted by Crippen LogP contribution is -2.19. The van der Waals surface area contributed by atoms with Gasteiger partial charge in [-0.05, 0) is 6.92 Å². The van der Waals surface area contributed by atoms with E-state index in [1.807, 2.05) is 0 Å². The summed E-state index contributed by atoms with van der Waals surface area (Å²) in [5, 5.41) is 0. The van der Waals surface area contributed by atoms with Crippen molar-refractivity contribution in [1.82, 2.24) is 0 Å². The molecule has 0 saturated heterocycles. The van der Waals surface area contributed by atoms with Crippen LogP contribution in [0.25, 0.3) is 0 Å². The molecule has 0 aliphatic rings. The van der Waals surface area contributed by atoms with Crippen LogP contribution in [0.4, 0.5) is 26.3 Å². The number of hydrogen-bond donors (Lipinski definition) is 0. The molecule has 0 fully saturated rings. The monoisotopic (exact) mass is 192 g/mol. The van der Waals surface area contributed by atoms with Gasteiger partial charge in [-0.3, -0.25) is 0 Å². The lowest BCUT2D eigenvalue weighted by Gasteiger charge is -2.12. The zero-order chi connectivity index (χ0) is 10.2. The van der Waals surface area contributed by atoms with Gasteiger partial charge < -0.3 is 0 Å². The first-order valence-electron chi connectivity index (χ1n) is 2.88. The Morgan fingerprint density at radius 2 is 1.33 bits per heavy atom. The minimum Gasteiger partial charge on any atom is -0.205 e. The van der Waals surface area contributed by atoms with Crippen molar-refractivity contribution in [3.05, 3.63) is 11.4 Å². The zero-order valence-corrected chi connectivity index (χ0v) is 6.27. The molecule has 0 saturated carbocycles. The van der Waals surface area contributed by atoms with Crippen molar-refractivity contribution in [2.24, 2.45) is 0 Å². The van der Waals surface area contributed by atoms with Gasteiger partial charge in [0.15, 0.2) is 5.83 Å². The molecule has 0 aromatic carbocycles. The summed E-state index contributed by atoms with van der Waals surface area (Å²) in [5.41, 5.74) is -1.89. The Bertz CT molecular complexity index is 171. The molecule has 0 nitrogen and oxygen atoms in total. The summed E-state index contributed by atoms with van der Waals surface area (Å²) in [7, 11) is 0. The maximum absolute atomic E-state index is 12.2. The van der Waals surface area contributed by atoms with Crippen molar-refractivity contribution in [2.75, 3.05) is 0 Å². The Morgan fingerprint density at radius 3 is 1.42 bits per heavy atom. The van der Waals surface area contributed by atoms with Crippen molar-refractivity contribution in [3.8, 4) is 0 Å². The van der Waals surface area contributed by atoms with Crippen LogP contribution in [0.2, 0.25) is 0 Å². The Balaban J connectivity index is 4.96. The Hall–Kier alpha value is -0.680. The first kappa shape index (κ1) is 11.3. The predicted molar refractivity (Wildman–Crippen MR) is 30.5 cm³/mol. The van der Waals surface area contributed by atoms with Crippen LogP contribution in [0.3, 0.4) is 0 Å². The van der Waals surface area contributed by atoms with Crippen LogP contribution in [-0.2, 0) is 0 Å². The van der Waals surface area contributed by atoms with Gasteiger partial charge in [-0.15, -0.1) is 0 Å². The minimum atomic E-state index is -5.04. The van der Waals surface area contributed by atoms with Gasteiger partial charge in [0, 0.05) is 6.92 Å². The number of rotatable bonds is 1. The molecule has 0 bridgehead atoms. The standard InChI is InChI=1S/C6H6F6/c1-3(6(10,11)12)4(7)5(2,8)9/h1-2H3/b4-3-. The van der Waals surface area contributed by atoms with E-state index in [-0.39, 0.29) is 13.8 Å². The normalized spacial score (nSPS) is 16.0. The van der Waals surface area contributed by atoms with Crippen molar-refractivity contribution < 1.29 is 26.3 Å². The Morgan fingerprint density at radius 1 is 1.00 bits per heavy atom. The van der Waals surface area contributed by atoms with Crippen LogP contribution in [0.15, 0.2) is 11.4 Å². The third kappa shape index (κ3) is 2.75. The molecule has 0 heterocycles. The molecule has 0 atom stereocenters. The third-order valence-electron chi connectivity index (χ3n) is 1.14. The fourth-order valence-corrected chi connectivity index (χ4v) is 0.454. The summed E-state index contributed by atoms with van der Waals surface area (Å²) < 4.78 is 70.9. The lowest BCUT2D eigenvalue weighted by atomic mass is 10.2. The molecule has 12 heavy (non-hydrogen) atoms. The highest BCUT2D eigenvalue weighted by Gasteiger charge is 2.40. The highest BCUT2D eigenvalue weighted by Crippen LogP contribution is 2.35. The van der Waals surface area contributed by atoms with Crippen LogP contribution in [0.5, 0.6) is 0 Å². The Kier molecular flexibility index (Phi) is 2.82.